The normalized spacial score (nSPS) is 25.2. The van der Waals surface area contributed by atoms with Crippen LogP contribution in [0.15, 0.2) is 0 Å². The van der Waals surface area contributed by atoms with E-state index in [2.05, 4.69) is 4.90 Å². The summed E-state index contributed by atoms with van der Waals surface area (Å²) in [5.74, 6) is 0.868. The lowest BCUT2D eigenvalue weighted by atomic mass is 9.98. The highest BCUT2D eigenvalue weighted by atomic mass is 35.5. The SMILES string of the molecule is CN(C(=O)CN1CCCC(CN)C1)C1CC1.Cl. The number of halogens is 1. The van der Waals surface area contributed by atoms with E-state index >= 15 is 0 Å². The summed E-state index contributed by atoms with van der Waals surface area (Å²) in [7, 11) is 1.93. The molecule has 0 aromatic rings. The van der Waals surface area contributed by atoms with E-state index < -0.39 is 0 Å². The molecule has 1 aliphatic carbocycles. The van der Waals surface area contributed by atoms with E-state index in [0.29, 0.717) is 18.5 Å². The summed E-state index contributed by atoms with van der Waals surface area (Å²) >= 11 is 0. The van der Waals surface area contributed by atoms with E-state index in [9.17, 15) is 4.79 Å². The molecular weight excluding hydrogens is 238 g/mol. The van der Waals surface area contributed by atoms with Gasteiger partial charge in [-0.05, 0) is 44.7 Å². The first kappa shape index (κ1) is 14.7. The Kier molecular flexibility index (Phi) is 5.70. The molecule has 1 saturated heterocycles. The second-order valence-corrected chi connectivity index (χ2v) is 5.21. The summed E-state index contributed by atoms with van der Waals surface area (Å²) in [6, 6.07) is 0.530. The molecule has 0 aromatic heterocycles. The van der Waals surface area contributed by atoms with E-state index in [-0.39, 0.29) is 18.3 Å². The zero-order valence-electron chi connectivity index (χ0n) is 10.6. The highest BCUT2D eigenvalue weighted by Gasteiger charge is 2.30. The van der Waals surface area contributed by atoms with E-state index in [1.807, 2.05) is 11.9 Å². The third kappa shape index (κ3) is 4.12. The molecule has 1 atom stereocenters. The van der Waals surface area contributed by atoms with E-state index in [1.165, 1.54) is 25.7 Å². The Morgan fingerprint density at radius 2 is 2.12 bits per heavy atom. The Hall–Kier alpha value is -0.320. The second kappa shape index (κ2) is 6.57. The van der Waals surface area contributed by atoms with Crippen LogP contribution in [0.1, 0.15) is 25.7 Å². The lowest BCUT2D eigenvalue weighted by Crippen LogP contribution is -2.44. The van der Waals surface area contributed by atoms with E-state index in [0.717, 1.165) is 19.6 Å². The molecule has 1 amide bonds. The van der Waals surface area contributed by atoms with Gasteiger partial charge in [0.25, 0.3) is 0 Å². The summed E-state index contributed by atoms with van der Waals surface area (Å²) in [5.41, 5.74) is 5.69. The molecule has 17 heavy (non-hydrogen) atoms. The monoisotopic (exact) mass is 261 g/mol. The fourth-order valence-electron chi connectivity index (χ4n) is 2.46. The predicted octanol–water partition coefficient (Wildman–Crippen LogP) is 0.700. The maximum Gasteiger partial charge on any atom is 0.236 e. The lowest BCUT2D eigenvalue weighted by molar-refractivity contribution is -0.132. The number of carbonyl (C=O) groups is 1. The molecule has 100 valence electrons. The molecule has 0 aromatic carbocycles. The number of likely N-dealkylation sites (N-methyl/N-ethyl adjacent to an activating group) is 1. The minimum Gasteiger partial charge on any atom is -0.342 e. The first-order valence-corrected chi connectivity index (χ1v) is 6.38. The van der Waals surface area contributed by atoms with Gasteiger partial charge >= 0.3 is 0 Å². The number of piperidine rings is 1. The average Bonchev–Trinajstić information content (AvgIpc) is 3.12. The summed E-state index contributed by atoms with van der Waals surface area (Å²) in [6.45, 7) is 3.40. The van der Waals surface area contributed by atoms with Crippen molar-refractivity contribution in [3.05, 3.63) is 0 Å². The van der Waals surface area contributed by atoms with Crippen LogP contribution in [-0.2, 0) is 4.79 Å². The number of nitrogens with two attached hydrogens (primary N) is 1. The zero-order chi connectivity index (χ0) is 11.5. The summed E-state index contributed by atoms with van der Waals surface area (Å²) in [5, 5.41) is 0. The topological polar surface area (TPSA) is 49.6 Å². The van der Waals surface area contributed by atoms with Crippen molar-refractivity contribution in [3.63, 3.8) is 0 Å². The van der Waals surface area contributed by atoms with Crippen molar-refractivity contribution < 1.29 is 4.79 Å². The Balaban J connectivity index is 0.00000144. The highest BCUT2D eigenvalue weighted by molar-refractivity contribution is 5.85. The number of likely N-dealkylation sites (tertiary alicyclic amines) is 1. The Morgan fingerprint density at radius 3 is 2.71 bits per heavy atom. The van der Waals surface area contributed by atoms with Gasteiger partial charge in [-0.3, -0.25) is 9.69 Å². The predicted molar refractivity (Wildman–Crippen MR) is 71.3 cm³/mol. The minimum atomic E-state index is 0. The first-order valence-electron chi connectivity index (χ1n) is 6.38. The molecule has 1 unspecified atom stereocenters. The standard InChI is InChI=1S/C12H23N3O.ClH/c1-14(11-4-5-11)12(16)9-15-6-2-3-10(7-13)8-15;/h10-11H,2-9,13H2,1H3;1H. The molecule has 0 radical (unpaired) electrons. The molecule has 1 aliphatic heterocycles. The van der Waals surface area contributed by atoms with Crippen LogP contribution in [0.3, 0.4) is 0 Å². The van der Waals surface area contributed by atoms with Gasteiger partial charge in [0.05, 0.1) is 6.54 Å². The number of amides is 1. The van der Waals surface area contributed by atoms with Crippen LogP contribution in [0.25, 0.3) is 0 Å². The third-order valence-corrected chi connectivity index (χ3v) is 3.78. The van der Waals surface area contributed by atoms with E-state index in [1.54, 1.807) is 0 Å². The van der Waals surface area contributed by atoms with Gasteiger partial charge in [-0.1, -0.05) is 0 Å². The van der Waals surface area contributed by atoms with Gasteiger partial charge in [0.1, 0.15) is 0 Å². The number of nitrogens with zero attached hydrogens (tertiary/aromatic N) is 2. The molecule has 0 spiro atoms. The average molecular weight is 262 g/mol. The van der Waals surface area contributed by atoms with Crippen LogP contribution in [0.4, 0.5) is 0 Å². The van der Waals surface area contributed by atoms with Crippen molar-refractivity contribution in [1.29, 1.82) is 0 Å². The van der Waals surface area contributed by atoms with Gasteiger partial charge in [0.2, 0.25) is 5.91 Å². The molecule has 2 N–H and O–H groups in total. The molecule has 2 fully saturated rings. The van der Waals surface area contributed by atoms with Gasteiger partial charge < -0.3 is 10.6 Å². The molecule has 1 saturated carbocycles. The second-order valence-electron chi connectivity index (χ2n) is 5.21. The maximum absolute atomic E-state index is 11.9. The van der Waals surface area contributed by atoms with Crippen LogP contribution in [0.2, 0.25) is 0 Å². The van der Waals surface area contributed by atoms with Crippen molar-refractivity contribution in [1.82, 2.24) is 9.80 Å². The largest absolute Gasteiger partial charge is 0.342 e. The van der Waals surface area contributed by atoms with Crippen LogP contribution in [0, 0.1) is 5.92 Å². The molecule has 2 rings (SSSR count). The first-order chi connectivity index (χ1) is 7.70. The number of hydrogen-bond donors (Lipinski definition) is 1. The maximum atomic E-state index is 11.9. The van der Waals surface area contributed by atoms with Crippen molar-refractivity contribution in [3.8, 4) is 0 Å². The Bertz CT molecular complexity index is 258. The van der Waals surface area contributed by atoms with Crippen LogP contribution >= 0.6 is 12.4 Å². The van der Waals surface area contributed by atoms with Crippen LogP contribution in [0.5, 0.6) is 0 Å². The minimum absolute atomic E-state index is 0. The van der Waals surface area contributed by atoms with Gasteiger partial charge in [0, 0.05) is 19.6 Å². The number of rotatable bonds is 4. The number of hydrogen-bond acceptors (Lipinski definition) is 3. The quantitative estimate of drug-likeness (QED) is 0.811. The molecule has 1 heterocycles. The molecule has 0 bridgehead atoms. The van der Waals surface area contributed by atoms with Crippen LogP contribution in [-0.4, -0.2) is 55.0 Å². The Labute approximate surface area is 110 Å². The van der Waals surface area contributed by atoms with Crippen molar-refractivity contribution in [2.24, 2.45) is 11.7 Å². The highest BCUT2D eigenvalue weighted by Crippen LogP contribution is 2.25. The van der Waals surface area contributed by atoms with Crippen molar-refractivity contribution in [2.45, 2.75) is 31.7 Å². The van der Waals surface area contributed by atoms with Crippen molar-refractivity contribution >= 4 is 18.3 Å². The fraction of sp³-hybridized carbons (Fsp3) is 0.917. The van der Waals surface area contributed by atoms with Crippen molar-refractivity contribution in [2.75, 3.05) is 33.2 Å². The molecule has 5 heteroatoms. The smallest absolute Gasteiger partial charge is 0.236 e. The molecule has 4 nitrogen and oxygen atoms in total. The number of carbonyl (C=O) groups excluding carboxylic acids is 1. The van der Waals surface area contributed by atoms with Gasteiger partial charge in [-0.25, -0.2) is 0 Å². The Morgan fingerprint density at radius 1 is 1.41 bits per heavy atom. The van der Waals surface area contributed by atoms with Gasteiger partial charge in [-0.2, -0.15) is 0 Å². The van der Waals surface area contributed by atoms with Gasteiger partial charge in [0.15, 0.2) is 0 Å². The summed E-state index contributed by atoms with van der Waals surface area (Å²) in [6.07, 6.45) is 4.78. The lowest BCUT2D eigenvalue weighted by Gasteiger charge is -2.32. The van der Waals surface area contributed by atoms with E-state index in [4.69, 9.17) is 5.73 Å². The zero-order valence-corrected chi connectivity index (χ0v) is 11.4. The fourth-order valence-corrected chi connectivity index (χ4v) is 2.46. The molecule has 2 aliphatic rings. The molecular formula is C12H24ClN3O. The van der Waals surface area contributed by atoms with Gasteiger partial charge in [-0.15, -0.1) is 12.4 Å². The third-order valence-electron chi connectivity index (χ3n) is 3.78. The summed E-state index contributed by atoms with van der Waals surface area (Å²) in [4.78, 5) is 16.1. The van der Waals surface area contributed by atoms with Crippen LogP contribution < -0.4 is 5.73 Å². The summed E-state index contributed by atoms with van der Waals surface area (Å²) < 4.78 is 0.